The molecule has 0 aliphatic carbocycles. The number of anilines is 1. The van der Waals surface area contributed by atoms with Gasteiger partial charge in [0, 0.05) is 24.8 Å². The van der Waals surface area contributed by atoms with E-state index in [1.54, 1.807) is 30.3 Å². The summed E-state index contributed by atoms with van der Waals surface area (Å²) in [6.45, 7) is -0.0264. The second-order valence-electron chi connectivity index (χ2n) is 5.37. The minimum atomic E-state index is -0.524. The number of urea groups is 1. The first kappa shape index (κ1) is 18.9. The fraction of sp³-hybridized carbons (Fsp3) is 0.167. The van der Waals surface area contributed by atoms with Gasteiger partial charge in [-0.1, -0.05) is 18.2 Å². The molecule has 8 heteroatoms. The number of hydrogen-bond donors (Lipinski definition) is 4. The number of carbonyl (C=O) groups is 3. The van der Waals surface area contributed by atoms with Crippen LogP contribution in [0, 0.1) is 5.82 Å². The van der Waals surface area contributed by atoms with Crippen molar-refractivity contribution in [2.24, 2.45) is 0 Å². The maximum absolute atomic E-state index is 12.8. The van der Waals surface area contributed by atoms with Crippen molar-refractivity contribution in [2.45, 2.75) is 6.54 Å². The number of hydrogen-bond acceptors (Lipinski definition) is 3. The van der Waals surface area contributed by atoms with Crippen molar-refractivity contribution < 1.29 is 18.8 Å². The molecule has 0 bridgehead atoms. The topological polar surface area (TPSA) is 99.3 Å². The van der Waals surface area contributed by atoms with Gasteiger partial charge in [-0.25, -0.2) is 9.18 Å². The summed E-state index contributed by atoms with van der Waals surface area (Å²) in [5.74, 6) is -1.05. The Morgan fingerprint density at radius 2 is 1.73 bits per heavy atom. The van der Waals surface area contributed by atoms with Crippen molar-refractivity contribution in [3.63, 3.8) is 0 Å². The maximum atomic E-state index is 12.8. The van der Waals surface area contributed by atoms with E-state index in [-0.39, 0.29) is 24.8 Å². The molecule has 0 atom stereocenters. The van der Waals surface area contributed by atoms with E-state index in [2.05, 4.69) is 21.3 Å². The molecular formula is C18H19FN4O3. The quantitative estimate of drug-likeness (QED) is 0.631. The average molecular weight is 358 g/mol. The number of benzene rings is 2. The van der Waals surface area contributed by atoms with E-state index >= 15 is 0 Å². The summed E-state index contributed by atoms with van der Waals surface area (Å²) < 4.78 is 12.8. The van der Waals surface area contributed by atoms with E-state index in [4.69, 9.17) is 0 Å². The van der Waals surface area contributed by atoms with Crippen LogP contribution >= 0.6 is 0 Å². The summed E-state index contributed by atoms with van der Waals surface area (Å²) in [5, 5.41) is 10.1. The van der Waals surface area contributed by atoms with E-state index in [1.165, 1.54) is 25.2 Å². The standard InChI is InChI=1S/C18H19FN4O3/c1-20-17(25)13-3-2-4-15(9-13)23-16(24)11-22-18(26)21-10-12-5-7-14(19)8-6-12/h2-9H,10-11H2,1H3,(H,20,25)(H,23,24)(H2,21,22,26). The maximum Gasteiger partial charge on any atom is 0.315 e. The van der Waals surface area contributed by atoms with E-state index < -0.39 is 11.9 Å². The van der Waals surface area contributed by atoms with Gasteiger partial charge in [0.15, 0.2) is 0 Å². The molecule has 4 amide bonds. The van der Waals surface area contributed by atoms with Crippen LogP contribution in [0.2, 0.25) is 0 Å². The highest BCUT2D eigenvalue weighted by Crippen LogP contribution is 2.10. The highest BCUT2D eigenvalue weighted by Gasteiger charge is 2.08. The molecule has 0 saturated heterocycles. The van der Waals surface area contributed by atoms with Crippen molar-refractivity contribution in [1.82, 2.24) is 16.0 Å². The molecule has 0 heterocycles. The monoisotopic (exact) mass is 358 g/mol. The third kappa shape index (κ3) is 5.90. The van der Waals surface area contributed by atoms with Crippen LogP contribution in [0.15, 0.2) is 48.5 Å². The first-order valence-electron chi connectivity index (χ1n) is 7.86. The predicted molar refractivity (Wildman–Crippen MR) is 95.1 cm³/mol. The molecule has 2 rings (SSSR count). The Labute approximate surface area is 150 Å². The largest absolute Gasteiger partial charge is 0.355 e. The van der Waals surface area contributed by atoms with Gasteiger partial charge >= 0.3 is 6.03 Å². The minimum absolute atomic E-state index is 0.210. The van der Waals surface area contributed by atoms with Crippen molar-refractivity contribution >= 4 is 23.5 Å². The van der Waals surface area contributed by atoms with Crippen LogP contribution in [-0.4, -0.2) is 31.4 Å². The molecule has 0 aliphatic heterocycles. The van der Waals surface area contributed by atoms with E-state index in [0.29, 0.717) is 11.3 Å². The second-order valence-corrected chi connectivity index (χ2v) is 5.37. The Hall–Kier alpha value is -3.42. The van der Waals surface area contributed by atoms with Gasteiger partial charge < -0.3 is 21.3 Å². The minimum Gasteiger partial charge on any atom is -0.355 e. The van der Waals surface area contributed by atoms with Crippen molar-refractivity contribution in [3.8, 4) is 0 Å². The van der Waals surface area contributed by atoms with Crippen molar-refractivity contribution in [3.05, 3.63) is 65.5 Å². The molecule has 0 spiro atoms. The molecule has 0 aromatic heterocycles. The van der Waals surface area contributed by atoms with Crippen LogP contribution in [0.4, 0.5) is 14.9 Å². The summed E-state index contributed by atoms with van der Waals surface area (Å²) >= 11 is 0. The molecular weight excluding hydrogens is 339 g/mol. The highest BCUT2D eigenvalue weighted by atomic mass is 19.1. The van der Waals surface area contributed by atoms with Crippen molar-refractivity contribution in [2.75, 3.05) is 18.9 Å². The number of carbonyl (C=O) groups excluding carboxylic acids is 3. The van der Waals surface area contributed by atoms with Gasteiger partial charge in [-0.05, 0) is 35.9 Å². The molecule has 0 aliphatic rings. The van der Waals surface area contributed by atoms with E-state index in [9.17, 15) is 18.8 Å². The molecule has 0 radical (unpaired) electrons. The Balaban J connectivity index is 1.76. The average Bonchev–Trinajstić information content (AvgIpc) is 2.65. The summed E-state index contributed by atoms with van der Waals surface area (Å²) in [4.78, 5) is 35.1. The lowest BCUT2D eigenvalue weighted by molar-refractivity contribution is -0.115. The van der Waals surface area contributed by atoms with Gasteiger partial charge in [0.25, 0.3) is 5.91 Å². The lowest BCUT2D eigenvalue weighted by atomic mass is 10.2. The Morgan fingerprint density at radius 1 is 1.00 bits per heavy atom. The lowest BCUT2D eigenvalue weighted by Crippen LogP contribution is -2.39. The summed E-state index contributed by atoms with van der Waals surface area (Å²) in [6, 6.07) is 11.6. The lowest BCUT2D eigenvalue weighted by Gasteiger charge is -2.09. The fourth-order valence-corrected chi connectivity index (χ4v) is 2.10. The molecule has 0 saturated carbocycles. The van der Waals surface area contributed by atoms with Crippen LogP contribution in [0.1, 0.15) is 15.9 Å². The molecule has 2 aromatic rings. The van der Waals surface area contributed by atoms with E-state index in [1.807, 2.05) is 0 Å². The third-order valence-electron chi connectivity index (χ3n) is 3.41. The fourth-order valence-electron chi connectivity index (χ4n) is 2.10. The Bertz CT molecular complexity index is 793. The molecule has 0 unspecified atom stereocenters. The normalized spacial score (nSPS) is 9.92. The molecule has 7 nitrogen and oxygen atoms in total. The number of amides is 4. The first-order chi connectivity index (χ1) is 12.5. The number of rotatable bonds is 6. The molecule has 4 N–H and O–H groups in total. The zero-order valence-corrected chi connectivity index (χ0v) is 14.1. The highest BCUT2D eigenvalue weighted by molar-refractivity contribution is 5.98. The van der Waals surface area contributed by atoms with Crippen LogP contribution in [0.3, 0.4) is 0 Å². The van der Waals surface area contributed by atoms with Crippen LogP contribution < -0.4 is 21.3 Å². The Kier molecular flexibility index (Phi) is 6.67. The smallest absolute Gasteiger partial charge is 0.315 e. The van der Waals surface area contributed by atoms with Gasteiger partial charge in [-0.15, -0.1) is 0 Å². The van der Waals surface area contributed by atoms with Crippen LogP contribution in [0.5, 0.6) is 0 Å². The molecule has 0 fully saturated rings. The predicted octanol–water partition coefficient (Wildman–Crippen LogP) is 1.62. The van der Waals surface area contributed by atoms with Crippen LogP contribution in [0.25, 0.3) is 0 Å². The zero-order valence-electron chi connectivity index (χ0n) is 14.1. The number of nitrogens with one attached hydrogen (secondary N) is 4. The van der Waals surface area contributed by atoms with E-state index in [0.717, 1.165) is 5.56 Å². The third-order valence-corrected chi connectivity index (χ3v) is 3.41. The molecule has 136 valence electrons. The van der Waals surface area contributed by atoms with Crippen molar-refractivity contribution in [1.29, 1.82) is 0 Å². The van der Waals surface area contributed by atoms with Crippen LogP contribution in [-0.2, 0) is 11.3 Å². The first-order valence-corrected chi connectivity index (χ1v) is 7.86. The summed E-state index contributed by atoms with van der Waals surface area (Å²) in [6.07, 6.45) is 0. The summed E-state index contributed by atoms with van der Waals surface area (Å²) in [5.41, 5.74) is 1.59. The van der Waals surface area contributed by atoms with Gasteiger partial charge in [-0.3, -0.25) is 9.59 Å². The molecule has 26 heavy (non-hydrogen) atoms. The second kappa shape index (κ2) is 9.16. The SMILES string of the molecule is CNC(=O)c1cccc(NC(=O)CNC(=O)NCc2ccc(F)cc2)c1. The van der Waals surface area contributed by atoms with Gasteiger partial charge in [0.2, 0.25) is 5.91 Å². The summed E-state index contributed by atoms with van der Waals surface area (Å²) in [7, 11) is 1.52. The van der Waals surface area contributed by atoms with Gasteiger partial charge in [-0.2, -0.15) is 0 Å². The Morgan fingerprint density at radius 3 is 2.42 bits per heavy atom. The number of halogens is 1. The van der Waals surface area contributed by atoms with Gasteiger partial charge in [0.05, 0.1) is 6.54 Å². The zero-order chi connectivity index (χ0) is 18.9. The van der Waals surface area contributed by atoms with Gasteiger partial charge in [0.1, 0.15) is 5.82 Å². The molecule has 2 aromatic carbocycles.